The number of nitrogens with zero attached hydrogens (tertiary/aromatic N) is 1. The highest BCUT2D eigenvalue weighted by atomic mass is 16.5. The molecule has 1 aliphatic carbocycles. The van der Waals surface area contributed by atoms with Gasteiger partial charge in [-0.2, -0.15) is 4.99 Å². The number of rotatable bonds is 3. The monoisotopic (exact) mass is 247 g/mol. The fourth-order valence-corrected chi connectivity index (χ4v) is 2.48. The number of hydrogen-bond acceptors (Lipinski definition) is 4. The second kappa shape index (κ2) is 4.46. The van der Waals surface area contributed by atoms with E-state index in [0.29, 0.717) is 11.3 Å². The predicted octanol–water partition coefficient (Wildman–Crippen LogP) is 2.73. The first-order valence-corrected chi connectivity index (χ1v) is 6.02. The first kappa shape index (κ1) is 12.7. The fraction of sp³-hybridized carbons (Fsp3) is 0.500. The number of isocyanates is 1. The van der Waals surface area contributed by atoms with Crippen molar-refractivity contribution in [2.45, 2.75) is 38.6 Å². The van der Waals surface area contributed by atoms with Crippen molar-refractivity contribution in [2.24, 2.45) is 4.99 Å². The van der Waals surface area contributed by atoms with Crippen LogP contribution >= 0.6 is 0 Å². The maximum Gasteiger partial charge on any atom is 0.235 e. The zero-order chi connectivity index (χ0) is 13.3. The molecule has 0 unspecified atom stereocenters. The van der Waals surface area contributed by atoms with Crippen molar-refractivity contribution in [1.82, 2.24) is 0 Å². The highest BCUT2D eigenvalue weighted by Crippen LogP contribution is 2.50. The van der Waals surface area contributed by atoms with Crippen LogP contribution in [0.2, 0.25) is 0 Å². The molecule has 1 saturated carbocycles. The molecule has 0 aromatic heterocycles. The quantitative estimate of drug-likeness (QED) is 0.660. The molecule has 0 radical (unpaired) electrons. The Labute approximate surface area is 106 Å². The molecule has 4 heteroatoms. The Morgan fingerprint density at radius 2 is 2.06 bits per heavy atom. The predicted molar refractivity (Wildman–Crippen MR) is 67.8 cm³/mol. The molecule has 1 aromatic rings. The minimum Gasteiger partial charge on any atom is -0.507 e. The summed E-state index contributed by atoms with van der Waals surface area (Å²) in [6, 6.07) is 1.79. The van der Waals surface area contributed by atoms with Crippen LogP contribution in [0.15, 0.2) is 11.1 Å². The van der Waals surface area contributed by atoms with E-state index in [1.54, 1.807) is 19.3 Å². The van der Waals surface area contributed by atoms with Gasteiger partial charge in [-0.3, -0.25) is 0 Å². The normalized spacial score (nSPS) is 16.6. The zero-order valence-electron chi connectivity index (χ0n) is 10.9. The Morgan fingerprint density at radius 3 is 2.50 bits per heavy atom. The minimum atomic E-state index is -0.600. The van der Waals surface area contributed by atoms with E-state index in [-0.39, 0.29) is 5.75 Å². The number of hydrogen-bond donors (Lipinski definition) is 1. The molecule has 1 aliphatic rings. The summed E-state index contributed by atoms with van der Waals surface area (Å²) in [7, 11) is 1.60. The van der Waals surface area contributed by atoms with Gasteiger partial charge in [0, 0.05) is 5.56 Å². The summed E-state index contributed by atoms with van der Waals surface area (Å²) < 4.78 is 5.31. The van der Waals surface area contributed by atoms with Crippen LogP contribution < -0.4 is 4.74 Å². The minimum absolute atomic E-state index is 0.215. The van der Waals surface area contributed by atoms with Crippen molar-refractivity contribution < 1.29 is 14.6 Å². The summed E-state index contributed by atoms with van der Waals surface area (Å²) in [4.78, 5) is 14.5. The van der Waals surface area contributed by atoms with E-state index in [4.69, 9.17) is 4.74 Å². The van der Waals surface area contributed by atoms with E-state index in [1.807, 2.05) is 13.8 Å². The van der Waals surface area contributed by atoms with Crippen molar-refractivity contribution in [3.8, 4) is 11.5 Å². The summed E-state index contributed by atoms with van der Waals surface area (Å²) in [5.74, 6) is 0.930. The van der Waals surface area contributed by atoms with E-state index >= 15 is 0 Å². The van der Waals surface area contributed by atoms with Gasteiger partial charge in [0.1, 0.15) is 17.0 Å². The lowest BCUT2D eigenvalue weighted by Crippen LogP contribution is -2.32. The van der Waals surface area contributed by atoms with E-state index in [9.17, 15) is 9.90 Å². The molecule has 0 amide bonds. The second-order valence-electron chi connectivity index (χ2n) is 4.81. The maximum atomic E-state index is 10.6. The number of aliphatic imine (C=N–C) groups is 1. The third-order valence-corrected chi connectivity index (χ3v) is 3.98. The van der Waals surface area contributed by atoms with Crippen molar-refractivity contribution >= 4 is 6.08 Å². The standard InChI is InChI=1S/C14H17NO3/c1-9-10(2)13(17)11(7-12(9)18-3)14(15-8-16)5-4-6-14/h7,17H,4-6H2,1-3H3. The van der Waals surface area contributed by atoms with Gasteiger partial charge in [0.25, 0.3) is 0 Å². The van der Waals surface area contributed by atoms with Gasteiger partial charge in [0.15, 0.2) is 0 Å². The number of aromatic hydroxyl groups is 1. The van der Waals surface area contributed by atoms with E-state index in [0.717, 1.165) is 30.4 Å². The molecule has 0 aliphatic heterocycles. The average Bonchev–Trinajstić information content (AvgIpc) is 2.32. The van der Waals surface area contributed by atoms with Gasteiger partial charge in [0.2, 0.25) is 6.08 Å². The molecule has 0 atom stereocenters. The van der Waals surface area contributed by atoms with Crippen LogP contribution in [0, 0.1) is 13.8 Å². The highest BCUT2D eigenvalue weighted by molar-refractivity contribution is 5.56. The van der Waals surface area contributed by atoms with Crippen LogP contribution in [0.5, 0.6) is 11.5 Å². The van der Waals surface area contributed by atoms with Crippen molar-refractivity contribution in [3.63, 3.8) is 0 Å². The number of benzene rings is 1. The Kier molecular flexibility index (Phi) is 3.14. The molecule has 0 saturated heterocycles. The Hall–Kier alpha value is -1.80. The molecule has 4 nitrogen and oxygen atoms in total. The van der Waals surface area contributed by atoms with Crippen molar-refractivity contribution in [1.29, 1.82) is 0 Å². The van der Waals surface area contributed by atoms with Gasteiger partial charge >= 0.3 is 0 Å². The number of phenols is 1. The van der Waals surface area contributed by atoms with E-state index in [2.05, 4.69) is 4.99 Å². The molecule has 0 bridgehead atoms. The van der Waals surface area contributed by atoms with Gasteiger partial charge in [-0.1, -0.05) is 0 Å². The summed E-state index contributed by atoms with van der Waals surface area (Å²) >= 11 is 0. The molecule has 96 valence electrons. The van der Waals surface area contributed by atoms with Crippen molar-refractivity contribution in [3.05, 3.63) is 22.8 Å². The van der Waals surface area contributed by atoms with Crippen LogP contribution in [0.25, 0.3) is 0 Å². The lowest BCUT2D eigenvalue weighted by Gasteiger charge is -2.38. The molecule has 18 heavy (non-hydrogen) atoms. The molecule has 1 aromatic carbocycles. The van der Waals surface area contributed by atoms with Crippen LogP contribution in [0.1, 0.15) is 36.0 Å². The third kappa shape index (κ3) is 1.70. The molecule has 0 heterocycles. The number of phenolic OH excluding ortho intramolecular Hbond substituents is 1. The van der Waals surface area contributed by atoms with Gasteiger partial charge in [-0.25, -0.2) is 4.79 Å². The summed E-state index contributed by atoms with van der Waals surface area (Å²) in [5, 5.41) is 10.3. The average molecular weight is 247 g/mol. The molecular formula is C14H17NO3. The first-order valence-electron chi connectivity index (χ1n) is 6.02. The number of carbonyl (C=O) groups excluding carboxylic acids is 1. The van der Waals surface area contributed by atoms with Crippen LogP contribution in [-0.2, 0) is 10.3 Å². The molecule has 2 rings (SSSR count). The van der Waals surface area contributed by atoms with Crippen LogP contribution in [0.4, 0.5) is 0 Å². The van der Waals surface area contributed by atoms with Gasteiger partial charge in [-0.15, -0.1) is 0 Å². The number of ether oxygens (including phenoxy) is 1. The second-order valence-corrected chi connectivity index (χ2v) is 4.81. The van der Waals surface area contributed by atoms with E-state index < -0.39 is 5.54 Å². The summed E-state index contributed by atoms with van der Waals surface area (Å²) in [6.45, 7) is 3.74. The third-order valence-electron chi connectivity index (χ3n) is 3.98. The van der Waals surface area contributed by atoms with Crippen LogP contribution in [-0.4, -0.2) is 18.3 Å². The molecular weight excluding hydrogens is 230 g/mol. The molecule has 1 fully saturated rings. The highest BCUT2D eigenvalue weighted by Gasteiger charge is 2.41. The summed E-state index contributed by atoms with van der Waals surface area (Å²) in [6.07, 6.45) is 4.16. The van der Waals surface area contributed by atoms with Gasteiger partial charge in [0.05, 0.1) is 7.11 Å². The lowest BCUT2D eigenvalue weighted by molar-refractivity contribution is 0.246. The van der Waals surface area contributed by atoms with E-state index in [1.165, 1.54) is 0 Å². The Morgan fingerprint density at radius 1 is 1.39 bits per heavy atom. The SMILES string of the molecule is COc1cc(C2(N=C=O)CCC2)c(O)c(C)c1C. The zero-order valence-corrected chi connectivity index (χ0v) is 10.9. The van der Waals surface area contributed by atoms with Crippen LogP contribution in [0.3, 0.4) is 0 Å². The molecule has 1 N–H and O–H groups in total. The van der Waals surface area contributed by atoms with Gasteiger partial charge < -0.3 is 9.84 Å². The smallest absolute Gasteiger partial charge is 0.235 e. The molecule has 0 spiro atoms. The largest absolute Gasteiger partial charge is 0.507 e. The summed E-state index contributed by atoms with van der Waals surface area (Å²) in [5.41, 5.74) is 1.76. The number of methoxy groups -OCH3 is 1. The maximum absolute atomic E-state index is 10.6. The van der Waals surface area contributed by atoms with Crippen molar-refractivity contribution in [2.75, 3.05) is 7.11 Å². The lowest BCUT2D eigenvalue weighted by atomic mass is 9.71. The first-order chi connectivity index (χ1) is 8.55. The topological polar surface area (TPSA) is 58.9 Å². The fourth-order valence-electron chi connectivity index (χ4n) is 2.48. The Balaban J connectivity index is 2.64. The Bertz CT molecular complexity index is 526. The van der Waals surface area contributed by atoms with Gasteiger partial charge in [-0.05, 0) is 50.3 Å².